The van der Waals surface area contributed by atoms with Gasteiger partial charge in [0.2, 0.25) is 5.91 Å². The third-order valence-corrected chi connectivity index (χ3v) is 4.78. The molecule has 1 N–H and O–H groups in total. The molecule has 2 aromatic rings. The van der Waals surface area contributed by atoms with Crippen LogP contribution in [0.2, 0.25) is 0 Å². The minimum absolute atomic E-state index is 0.0232. The molecule has 1 saturated heterocycles. The molecule has 28 heavy (non-hydrogen) atoms. The van der Waals surface area contributed by atoms with Gasteiger partial charge in [-0.25, -0.2) is 4.39 Å². The van der Waals surface area contributed by atoms with Gasteiger partial charge in [0.25, 0.3) is 0 Å². The molecule has 1 aliphatic rings. The van der Waals surface area contributed by atoms with E-state index in [9.17, 15) is 22.4 Å². The van der Waals surface area contributed by atoms with Crippen LogP contribution in [-0.2, 0) is 24.1 Å². The molecule has 0 radical (unpaired) electrons. The fourth-order valence-corrected chi connectivity index (χ4v) is 3.40. The van der Waals surface area contributed by atoms with E-state index in [0.29, 0.717) is 38.4 Å². The normalized spacial score (nSPS) is 17.4. The number of alkyl halides is 3. The lowest BCUT2D eigenvalue weighted by molar-refractivity contribution is -0.137. The van der Waals surface area contributed by atoms with E-state index in [1.165, 1.54) is 0 Å². The van der Waals surface area contributed by atoms with Crippen molar-refractivity contribution < 1.29 is 22.4 Å². The second-order valence-corrected chi connectivity index (χ2v) is 6.85. The molecule has 1 aromatic carbocycles. The number of benzene rings is 1. The van der Waals surface area contributed by atoms with Crippen molar-refractivity contribution in [1.29, 1.82) is 0 Å². The van der Waals surface area contributed by atoms with E-state index < -0.39 is 17.6 Å². The van der Waals surface area contributed by atoms with Crippen LogP contribution in [0.5, 0.6) is 0 Å². The molecule has 0 bridgehead atoms. The Kier molecular flexibility index (Phi) is 6.28. The largest absolute Gasteiger partial charge is 0.416 e. The Labute approximate surface area is 160 Å². The summed E-state index contributed by atoms with van der Waals surface area (Å²) < 4.78 is 52.3. The molecule has 3 rings (SSSR count). The van der Waals surface area contributed by atoms with Gasteiger partial charge in [-0.3, -0.25) is 9.78 Å². The van der Waals surface area contributed by atoms with E-state index in [-0.39, 0.29) is 24.1 Å². The molecule has 0 spiro atoms. The van der Waals surface area contributed by atoms with Gasteiger partial charge in [0.15, 0.2) is 0 Å². The van der Waals surface area contributed by atoms with Crippen molar-refractivity contribution in [2.24, 2.45) is 0 Å². The van der Waals surface area contributed by atoms with Gasteiger partial charge in [0, 0.05) is 31.7 Å². The quantitative estimate of drug-likeness (QED) is 0.571. The first-order valence-corrected chi connectivity index (χ1v) is 9.09. The van der Waals surface area contributed by atoms with Gasteiger partial charge in [0.1, 0.15) is 5.82 Å². The standard InChI is InChI=1S/C20H21F4N3O/c21-16-10-14(9-15(11-16)20(22,23)24)13-27-18(4-5-19(27)28)6-8-25-12-17-3-1-2-7-26-17/h1-3,7,9-11,18,25H,4-6,8,12-13H2. The Bertz CT molecular complexity index is 811. The second-order valence-electron chi connectivity index (χ2n) is 6.85. The highest BCUT2D eigenvalue weighted by Gasteiger charge is 2.33. The van der Waals surface area contributed by atoms with Crippen LogP contribution >= 0.6 is 0 Å². The smallest absolute Gasteiger partial charge is 0.335 e. The van der Waals surface area contributed by atoms with Gasteiger partial charge in [-0.05, 0) is 55.3 Å². The number of hydrogen-bond donors (Lipinski definition) is 1. The van der Waals surface area contributed by atoms with Crippen LogP contribution in [0.1, 0.15) is 36.1 Å². The molecule has 0 aliphatic carbocycles. The summed E-state index contributed by atoms with van der Waals surface area (Å²) in [5.74, 6) is -1.07. The molecule has 1 unspecified atom stereocenters. The number of nitrogens with zero attached hydrogens (tertiary/aromatic N) is 2. The summed E-state index contributed by atoms with van der Waals surface area (Å²) in [7, 11) is 0. The van der Waals surface area contributed by atoms with Crippen molar-refractivity contribution in [1.82, 2.24) is 15.2 Å². The van der Waals surface area contributed by atoms with Crippen molar-refractivity contribution in [2.45, 2.75) is 44.6 Å². The summed E-state index contributed by atoms with van der Waals surface area (Å²) in [6, 6.07) is 7.98. The molecule has 2 heterocycles. The van der Waals surface area contributed by atoms with Crippen LogP contribution in [-0.4, -0.2) is 28.4 Å². The first-order valence-electron chi connectivity index (χ1n) is 9.09. The van der Waals surface area contributed by atoms with Crippen molar-refractivity contribution in [2.75, 3.05) is 6.54 Å². The van der Waals surface area contributed by atoms with Crippen LogP contribution in [0, 0.1) is 5.82 Å². The number of hydrogen-bond acceptors (Lipinski definition) is 3. The third kappa shape index (κ3) is 5.28. The Hall–Kier alpha value is -2.48. The lowest BCUT2D eigenvalue weighted by Crippen LogP contribution is -2.34. The van der Waals surface area contributed by atoms with Crippen molar-refractivity contribution in [3.8, 4) is 0 Å². The number of aromatic nitrogens is 1. The zero-order valence-electron chi connectivity index (χ0n) is 15.2. The molecule has 1 amide bonds. The highest BCUT2D eigenvalue weighted by molar-refractivity contribution is 5.78. The second kappa shape index (κ2) is 8.68. The minimum atomic E-state index is -4.62. The minimum Gasteiger partial charge on any atom is -0.335 e. The highest BCUT2D eigenvalue weighted by atomic mass is 19.4. The molecule has 150 valence electrons. The summed E-state index contributed by atoms with van der Waals surface area (Å²) in [5.41, 5.74) is 0.0121. The molecule has 1 atom stereocenters. The van der Waals surface area contributed by atoms with Crippen LogP contribution in [0.15, 0.2) is 42.6 Å². The number of rotatable bonds is 7. The van der Waals surface area contributed by atoms with Crippen LogP contribution in [0.4, 0.5) is 17.6 Å². The topological polar surface area (TPSA) is 45.2 Å². The van der Waals surface area contributed by atoms with Crippen molar-refractivity contribution >= 4 is 5.91 Å². The predicted octanol–water partition coefficient (Wildman–Crippen LogP) is 3.91. The average molecular weight is 395 g/mol. The SMILES string of the molecule is O=C1CCC(CCNCc2ccccn2)N1Cc1cc(F)cc(C(F)(F)F)c1. The molecule has 0 saturated carbocycles. The van der Waals surface area contributed by atoms with Crippen LogP contribution in [0.25, 0.3) is 0 Å². The number of nitrogens with one attached hydrogen (secondary N) is 1. The fraction of sp³-hybridized carbons (Fsp3) is 0.400. The fourth-order valence-electron chi connectivity index (χ4n) is 3.40. The number of likely N-dealkylation sites (tertiary alicyclic amines) is 1. The first-order chi connectivity index (χ1) is 13.3. The summed E-state index contributed by atoms with van der Waals surface area (Å²) in [6.45, 7) is 1.22. The number of carbonyl (C=O) groups excluding carboxylic acids is 1. The number of halogens is 4. The lowest BCUT2D eigenvalue weighted by atomic mass is 10.1. The maximum Gasteiger partial charge on any atom is 0.416 e. The highest BCUT2D eigenvalue weighted by Crippen LogP contribution is 2.31. The van der Waals surface area contributed by atoms with Gasteiger partial charge >= 0.3 is 6.18 Å². The van der Waals surface area contributed by atoms with E-state index in [1.807, 2.05) is 18.2 Å². The maximum absolute atomic E-state index is 13.6. The van der Waals surface area contributed by atoms with E-state index in [0.717, 1.165) is 17.8 Å². The number of amides is 1. The molecule has 1 aliphatic heterocycles. The van der Waals surface area contributed by atoms with Gasteiger partial charge in [-0.2, -0.15) is 13.2 Å². The van der Waals surface area contributed by atoms with Crippen LogP contribution in [0.3, 0.4) is 0 Å². The van der Waals surface area contributed by atoms with Gasteiger partial charge in [-0.1, -0.05) is 6.07 Å². The van der Waals surface area contributed by atoms with Gasteiger partial charge in [0.05, 0.1) is 11.3 Å². The Balaban J connectivity index is 1.59. The van der Waals surface area contributed by atoms with E-state index in [4.69, 9.17) is 0 Å². The van der Waals surface area contributed by atoms with Crippen LogP contribution < -0.4 is 5.32 Å². The first kappa shape index (κ1) is 20.3. The summed E-state index contributed by atoms with van der Waals surface area (Å²) in [5, 5.41) is 3.26. The summed E-state index contributed by atoms with van der Waals surface area (Å²) in [4.78, 5) is 18.0. The monoisotopic (exact) mass is 395 g/mol. The third-order valence-electron chi connectivity index (χ3n) is 4.78. The lowest BCUT2D eigenvalue weighted by Gasteiger charge is -2.25. The Morgan fingerprint density at radius 2 is 2.04 bits per heavy atom. The Morgan fingerprint density at radius 1 is 1.21 bits per heavy atom. The Morgan fingerprint density at radius 3 is 2.75 bits per heavy atom. The van der Waals surface area contributed by atoms with E-state index in [1.54, 1.807) is 11.1 Å². The molecule has 4 nitrogen and oxygen atoms in total. The van der Waals surface area contributed by atoms with E-state index in [2.05, 4.69) is 10.3 Å². The predicted molar refractivity (Wildman–Crippen MR) is 95.5 cm³/mol. The molecule has 1 aromatic heterocycles. The maximum atomic E-state index is 13.6. The van der Waals surface area contributed by atoms with Crippen molar-refractivity contribution in [3.05, 3.63) is 65.2 Å². The zero-order chi connectivity index (χ0) is 20.1. The molecular weight excluding hydrogens is 374 g/mol. The van der Waals surface area contributed by atoms with Gasteiger partial charge < -0.3 is 10.2 Å². The van der Waals surface area contributed by atoms with E-state index >= 15 is 0 Å². The summed E-state index contributed by atoms with van der Waals surface area (Å²) in [6.07, 6.45) is -1.25. The van der Waals surface area contributed by atoms with Gasteiger partial charge in [-0.15, -0.1) is 0 Å². The molecular formula is C20H21F4N3O. The molecule has 1 fully saturated rings. The number of pyridine rings is 1. The average Bonchev–Trinajstić information content (AvgIpc) is 2.98. The molecule has 8 heteroatoms. The zero-order valence-corrected chi connectivity index (χ0v) is 15.2. The summed E-state index contributed by atoms with van der Waals surface area (Å²) >= 11 is 0. The van der Waals surface area contributed by atoms with Crippen molar-refractivity contribution in [3.63, 3.8) is 0 Å². The number of carbonyl (C=O) groups is 1.